The fraction of sp³-hybridized carbons (Fsp3) is 0.750. The van der Waals surface area contributed by atoms with E-state index in [-0.39, 0.29) is 12.6 Å². The molecule has 0 bridgehead atoms. The molecule has 1 unspecified atom stereocenters. The number of carbonyl (C=O) groups excluding carboxylic acids is 2. The van der Waals surface area contributed by atoms with Crippen molar-refractivity contribution in [2.45, 2.75) is 6.42 Å². The van der Waals surface area contributed by atoms with Gasteiger partial charge in [-0.3, -0.25) is 9.59 Å². The molecule has 1 fully saturated rings. The lowest BCUT2D eigenvalue weighted by Gasteiger charge is -2.21. The Balaban J connectivity index is 2.21. The van der Waals surface area contributed by atoms with Crippen LogP contribution in [0.15, 0.2) is 0 Å². The average molecular weight is 286 g/mol. The van der Waals surface area contributed by atoms with Crippen LogP contribution in [-0.4, -0.2) is 79.6 Å². The number of hydrogen-bond acceptors (Lipinski definition) is 4. The van der Waals surface area contributed by atoms with Crippen molar-refractivity contribution in [1.82, 2.24) is 20.4 Å². The lowest BCUT2D eigenvalue weighted by atomic mass is 10.1. The van der Waals surface area contributed by atoms with Crippen LogP contribution in [0.2, 0.25) is 0 Å². The quantitative estimate of drug-likeness (QED) is 0.568. The number of urea groups is 1. The maximum absolute atomic E-state index is 11.8. The largest absolute Gasteiger partial charge is 0.480 e. The van der Waals surface area contributed by atoms with Gasteiger partial charge in [-0.05, 0) is 25.9 Å². The predicted octanol–water partition coefficient (Wildman–Crippen LogP) is -1.22. The van der Waals surface area contributed by atoms with E-state index in [4.69, 9.17) is 5.11 Å². The molecule has 114 valence electrons. The van der Waals surface area contributed by atoms with Crippen LogP contribution in [0.4, 0.5) is 4.79 Å². The van der Waals surface area contributed by atoms with E-state index in [1.54, 1.807) is 11.9 Å². The Bertz CT molecular complexity index is 374. The van der Waals surface area contributed by atoms with E-state index in [0.717, 1.165) is 19.5 Å². The van der Waals surface area contributed by atoms with Crippen molar-refractivity contribution in [3.05, 3.63) is 0 Å². The first-order valence-corrected chi connectivity index (χ1v) is 6.54. The second kappa shape index (κ2) is 7.68. The lowest BCUT2D eigenvalue weighted by molar-refractivity contribution is -0.137. The number of aliphatic carboxylic acids is 1. The van der Waals surface area contributed by atoms with Crippen molar-refractivity contribution >= 4 is 17.9 Å². The molecule has 8 heteroatoms. The smallest absolute Gasteiger partial charge is 0.322 e. The van der Waals surface area contributed by atoms with Gasteiger partial charge in [0.15, 0.2) is 0 Å². The fourth-order valence-electron chi connectivity index (χ4n) is 2.17. The van der Waals surface area contributed by atoms with Gasteiger partial charge in [0.2, 0.25) is 5.91 Å². The second-order valence-corrected chi connectivity index (χ2v) is 5.13. The zero-order valence-electron chi connectivity index (χ0n) is 11.9. The molecule has 0 aromatic rings. The van der Waals surface area contributed by atoms with E-state index >= 15 is 0 Å². The molecular weight excluding hydrogens is 264 g/mol. The second-order valence-electron chi connectivity index (χ2n) is 5.13. The number of rotatable bonds is 6. The molecule has 1 saturated heterocycles. The van der Waals surface area contributed by atoms with E-state index in [1.807, 2.05) is 7.05 Å². The van der Waals surface area contributed by atoms with Crippen molar-refractivity contribution in [3.63, 3.8) is 0 Å². The van der Waals surface area contributed by atoms with Gasteiger partial charge in [0.25, 0.3) is 0 Å². The molecule has 1 atom stereocenters. The Morgan fingerprint density at radius 3 is 2.55 bits per heavy atom. The third-order valence-electron chi connectivity index (χ3n) is 3.20. The number of amides is 3. The normalized spacial score (nSPS) is 18.6. The molecule has 1 rings (SSSR count). The SMILES string of the molecule is CN1CCC(CN(C)C(=O)NCC(=O)NCC(=O)O)C1. The highest BCUT2D eigenvalue weighted by molar-refractivity contribution is 5.86. The maximum atomic E-state index is 11.8. The topological polar surface area (TPSA) is 102 Å². The van der Waals surface area contributed by atoms with Gasteiger partial charge < -0.3 is 25.5 Å². The molecule has 0 radical (unpaired) electrons. The molecule has 0 saturated carbocycles. The third-order valence-corrected chi connectivity index (χ3v) is 3.20. The Labute approximate surface area is 118 Å². The van der Waals surface area contributed by atoms with Crippen LogP contribution in [0.5, 0.6) is 0 Å². The fourth-order valence-corrected chi connectivity index (χ4v) is 2.17. The maximum Gasteiger partial charge on any atom is 0.322 e. The third kappa shape index (κ3) is 5.87. The number of likely N-dealkylation sites (tertiary alicyclic amines) is 1. The van der Waals surface area contributed by atoms with Gasteiger partial charge >= 0.3 is 12.0 Å². The summed E-state index contributed by atoms with van der Waals surface area (Å²) in [6.45, 7) is 1.99. The highest BCUT2D eigenvalue weighted by Gasteiger charge is 2.22. The van der Waals surface area contributed by atoms with Gasteiger partial charge in [0, 0.05) is 20.1 Å². The van der Waals surface area contributed by atoms with Gasteiger partial charge in [-0.2, -0.15) is 0 Å². The molecule has 20 heavy (non-hydrogen) atoms. The highest BCUT2D eigenvalue weighted by Crippen LogP contribution is 2.14. The molecule has 1 aliphatic rings. The zero-order valence-corrected chi connectivity index (χ0v) is 11.9. The standard InChI is InChI=1S/C12H22N4O4/c1-15-4-3-9(7-15)8-16(2)12(20)14-5-10(17)13-6-11(18)19/h9H,3-8H2,1-2H3,(H,13,17)(H,14,20)(H,18,19). The van der Waals surface area contributed by atoms with Gasteiger partial charge in [-0.1, -0.05) is 0 Å². The molecule has 1 aliphatic heterocycles. The number of carboxylic acid groups (broad SMARTS) is 1. The summed E-state index contributed by atoms with van der Waals surface area (Å²) in [5.41, 5.74) is 0. The number of carboxylic acids is 1. The molecule has 3 amide bonds. The number of nitrogens with zero attached hydrogens (tertiary/aromatic N) is 2. The van der Waals surface area contributed by atoms with Crippen LogP contribution >= 0.6 is 0 Å². The number of hydrogen-bond donors (Lipinski definition) is 3. The summed E-state index contributed by atoms with van der Waals surface area (Å²) in [6.07, 6.45) is 1.06. The number of carbonyl (C=O) groups is 3. The Hall–Kier alpha value is -1.83. The van der Waals surface area contributed by atoms with Gasteiger partial charge in [0.05, 0.1) is 6.54 Å². The van der Waals surface area contributed by atoms with Crippen molar-refractivity contribution in [3.8, 4) is 0 Å². The molecule has 1 heterocycles. The van der Waals surface area contributed by atoms with E-state index in [1.165, 1.54) is 0 Å². The summed E-state index contributed by atoms with van der Waals surface area (Å²) < 4.78 is 0. The van der Waals surface area contributed by atoms with Crippen LogP contribution in [0.3, 0.4) is 0 Å². The van der Waals surface area contributed by atoms with Crippen LogP contribution in [0.1, 0.15) is 6.42 Å². The van der Waals surface area contributed by atoms with Crippen molar-refractivity contribution in [2.24, 2.45) is 5.92 Å². The minimum atomic E-state index is -1.12. The summed E-state index contributed by atoms with van der Waals surface area (Å²) in [5.74, 6) is -1.18. The van der Waals surface area contributed by atoms with Gasteiger partial charge in [0.1, 0.15) is 6.54 Å². The van der Waals surface area contributed by atoms with Crippen LogP contribution < -0.4 is 10.6 Å². The Kier molecular flexibility index (Phi) is 6.23. The van der Waals surface area contributed by atoms with Gasteiger partial charge in [-0.25, -0.2) is 4.79 Å². The zero-order chi connectivity index (χ0) is 15.1. The van der Waals surface area contributed by atoms with Crippen LogP contribution in [0, 0.1) is 5.92 Å². The average Bonchev–Trinajstić information content (AvgIpc) is 2.78. The summed E-state index contributed by atoms with van der Waals surface area (Å²) in [5, 5.41) is 13.0. The van der Waals surface area contributed by atoms with E-state index in [0.29, 0.717) is 12.5 Å². The predicted molar refractivity (Wildman–Crippen MR) is 72.3 cm³/mol. The molecule has 0 aliphatic carbocycles. The highest BCUT2D eigenvalue weighted by atomic mass is 16.4. The van der Waals surface area contributed by atoms with Crippen molar-refractivity contribution in [2.75, 3.05) is 46.8 Å². The van der Waals surface area contributed by atoms with E-state index < -0.39 is 18.4 Å². The van der Waals surface area contributed by atoms with Crippen LogP contribution in [-0.2, 0) is 9.59 Å². The number of nitrogens with one attached hydrogen (secondary N) is 2. The molecule has 8 nitrogen and oxygen atoms in total. The van der Waals surface area contributed by atoms with Crippen molar-refractivity contribution < 1.29 is 19.5 Å². The first kappa shape index (κ1) is 16.2. The summed E-state index contributed by atoms with van der Waals surface area (Å²) in [6, 6.07) is -0.329. The molecule has 0 aromatic heterocycles. The summed E-state index contributed by atoms with van der Waals surface area (Å²) >= 11 is 0. The summed E-state index contributed by atoms with van der Waals surface area (Å²) in [7, 11) is 3.73. The van der Waals surface area contributed by atoms with E-state index in [9.17, 15) is 14.4 Å². The molecule has 0 aromatic carbocycles. The molecular formula is C12H22N4O4. The monoisotopic (exact) mass is 286 g/mol. The minimum absolute atomic E-state index is 0.221. The lowest BCUT2D eigenvalue weighted by Crippen LogP contribution is -2.45. The van der Waals surface area contributed by atoms with Gasteiger partial charge in [-0.15, -0.1) is 0 Å². The molecule has 3 N–H and O–H groups in total. The minimum Gasteiger partial charge on any atom is -0.480 e. The van der Waals surface area contributed by atoms with E-state index in [2.05, 4.69) is 15.5 Å². The first-order chi connectivity index (χ1) is 9.38. The summed E-state index contributed by atoms with van der Waals surface area (Å²) in [4.78, 5) is 37.0. The van der Waals surface area contributed by atoms with Crippen molar-refractivity contribution in [1.29, 1.82) is 0 Å². The first-order valence-electron chi connectivity index (χ1n) is 6.54. The Morgan fingerprint density at radius 1 is 1.30 bits per heavy atom. The Morgan fingerprint density at radius 2 is 2.00 bits per heavy atom. The van der Waals surface area contributed by atoms with Crippen LogP contribution in [0.25, 0.3) is 0 Å². The molecule has 0 spiro atoms.